The van der Waals surface area contributed by atoms with Gasteiger partial charge in [0.1, 0.15) is 0 Å². The van der Waals surface area contributed by atoms with Crippen LogP contribution >= 0.6 is 0 Å². The van der Waals surface area contributed by atoms with Gasteiger partial charge in [0.25, 0.3) is 0 Å². The molecule has 0 spiro atoms. The third kappa shape index (κ3) is 7.06. The molecule has 0 aliphatic heterocycles. The molecule has 11 heavy (non-hydrogen) atoms. The van der Waals surface area contributed by atoms with Crippen molar-refractivity contribution in [3.63, 3.8) is 0 Å². The van der Waals surface area contributed by atoms with Gasteiger partial charge in [0, 0.05) is 0 Å². The summed E-state index contributed by atoms with van der Waals surface area (Å²) < 4.78 is 0. The summed E-state index contributed by atoms with van der Waals surface area (Å²) in [4.78, 5) is 0. The fourth-order valence-corrected chi connectivity index (χ4v) is 0.642. The van der Waals surface area contributed by atoms with Crippen molar-refractivity contribution in [2.24, 2.45) is 0 Å². The number of hydrogen-bond donors (Lipinski definition) is 0. The van der Waals surface area contributed by atoms with Gasteiger partial charge in [0.2, 0.25) is 0 Å². The van der Waals surface area contributed by atoms with Crippen molar-refractivity contribution < 1.29 is 21.1 Å². The fourth-order valence-electron chi connectivity index (χ4n) is 0.642. The molecule has 58 valence electrons. The Bertz CT molecular complexity index is 38.1. The van der Waals surface area contributed by atoms with Crippen LogP contribution < -0.4 is 0 Å². The monoisotopic (exact) mass is 316 g/mol. The zero-order valence-electron chi connectivity index (χ0n) is 6.27. The molecule has 0 saturated heterocycles. The summed E-state index contributed by atoms with van der Waals surface area (Å²) in [6.07, 6.45) is 20.0. The molecule has 10 radical (unpaired) electrons. The van der Waals surface area contributed by atoms with E-state index in [9.17, 15) is 0 Å². The molecule has 0 heterocycles. The van der Waals surface area contributed by atoms with Crippen molar-refractivity contribution in [2.75, 3.05) is 0 Å². The molecule has 0 aromatic carbocycles. The normalized spacial score (nSPS) is 21.8. The second-order valence-electron chi connectivity index (χ2n) is 1.92. The Hall–Kier alpha value is 0.688. The molecule has 2 saturated carbocycles. The van der Waals surface area contributed by atoms with Gasteiger partial charge in [-0.1, -0.05) is 0 Å². The van der Waals surface area contributed by atoms with Crippen LogP contribution in [0.5, 0.6) is 0 Å². The topological polar surface area (TPSA) is 0 Å². The Morgan fingerprint density at radius 3 is 0.455 bits per heavy atom. The van der Waals surface area contributed by atoms with Crippen molar-refractivity contribution in [3.05, 3.63) is 64.2 Å². The van der Waals surface area contributed by atoms with Crippen LogP contribution in [0.3, 0.4) is 0 Å². The summed E-state index contributed by atoms with van der Waals surface area (Å²) >= 11 is 0. The summed E-state index contributed by atoms with van der Waals surface area (Å²) in [5.74, 6) is 0. The maximum atomic E-state index is 2.00. The summed E-state index contributed by atoms with van der Waals surface area (Å²) in [5, 5.41) is 0. The van der Waals surface area contributed by atoms with Crippen molar-refractivity contribution >= 4 is 0 Å². The molecule has 2 aliphatic carbocycles. The SMILES string of the molecule is [CH]1[CH][CH][CH][CH]1.[CH]1[CH][CH][CH][CH]1.[WH2]. The summed E-state index contributed by atoms with van der Waals surface area (Å²) in [7, 11) is 0. The Labute approximate surface area is 85.4 Å². The maximum absolute atomic E-state index is 2.00. The van der Waals surface area contributed by atoms with E-state index in [0.29, 0.717) is 0 Å². The van der Waals surface area contributed by atoms with Crippen molar-refractivity contribution in [3.8, 4) is 0 Å². The van der Waals surface area contributed by atoms with Gasteiger partial charge >= 0.3 is 21.1 Å². The minimum absolute atomic E-state index is 0. The fraction of sp³-hybridized carbons (Fsp3) is 0. The Morgan fingerprint density at radius 2 is 0.364 bits per heavy atom. The average Bonchev–Trinajstić information content (AvgIpc) is 2.67. The third-order valence-corrected chi connectivity index (χ3v) is 1.11. The van der Waals surface area contributed by atoms with Crippen LogP contribution in [0.25, 0.3) is 0 Å². The Kier molecular flexibility index (Phi) is 9.33. The van der Waals surface area contributed by atoms with E-state index >= 15 is 0 Å². The molecule has 0 nitrogen and oxygen atoms in total. The van der Waals surface area contributed by atoms with Gasteiger partial charge in [0.15, 0.2) is 0 Å². The quantitative estimate of drug-likeness (QED) is 0.635. The molecule has 0 atom stereocenters. The first kappa shape index (κ1) is 11.7. The zero-order valence-corrected chi connectivity index (χ0v) is 9.87. The van der Waals surface area contributed by atoms with Crippen LogP contribution in [0.15, 0.2) is 0 Å². The number of hydrogen-bond acceptors (Lipinski definition) is 0. The van der Waals surface area contributed by atoms with E-state index in [1.54, 1.807) is 0 Å². The molecule has 0 N–H and O–H groups in total. The predicted molar refractivity (Wildman–Crippen MR) is 45.8 cm³/mol. The zero-order chi connectivity index (χ0) is 7.07. The van der Waals surface area contributed by atoms with E-state index in [1.165, 1.54) is 0 Å². The van der Waals surface area contributed by atoms with Crippen LogP contribution in [0.1, 0.15) is 0 Å². The van der Waals surface area contributed by atoms with E-state index in [0.717, 1.165) is 0 Å². The summed E-state index contributed by atoms with van der Waals surface area (Å²) in [5.41, 5.74) is 0. The molecule has 0 unspecified atom stereocenters. The molecular formula is C10H12W. The van der Waals surface area contributed by atoms with Crippen molar-refractivity contribution in [2.45, 2.75) is 0 Å². The van der Waals surface area contributed by atoms with E-state index in [4.69, 9.17) is 0 Å². The molecule has 2 fully saturated rings. The van der Waals surface area contributed by atoms with E-state index in [2.05, 4.69) is 0 Å². The molecule has 0 aromatic rings. The first-order valence-electron chi connectivity index (χ1n) is 3.33. The molecule has 0 amide bonds. The molecule has 2 aliphatic rings. The van der Waals surface area contributed by atoms with Gasteiger partial charge in [-0.3, -0.25) is 0 Å². The summed E-state index contributed by atoms with van der Waals surface area (Å²) in [6, 6.07) is 0. The van der Waals surface area contributed by atoms with Gasteiger partial charge < -0.3 is 0 Å². The van der Waals surface area contributed by atoms with Gasteiger partial charge in [-0.15, -0.1) is 0 Å². The molecule has 0 aromatic heterocycles. The number of rotatable bonds is 0. The van der Waals surface area contributed by atoms with E-state index in [-0.39, 0.29) is 21.1 Å². The average molecular weight is 316 g/mol. The molecular weight excluding hydrogens is 304 g/mol. The Balaban J connectivity index is 0.000000167. The van der Waals surface area contributed by atoms with Gasteiger partial charge in [-0.2, -0.15) is 0 Å². The van der Waals surface area contributed by atoms with E-state index < -0.39 is 0 Å². The van der Waals surface area contributed by atoms with Gasteiger partial charge in [-0.05, 0) is 64.2 Å². The minimum atomic E-state index is 0. The van der Waals surface area contributed by atoms with Gasteiger partial charge in [-0.25, -0.2) is 0 Å². The Morgan fingerprint density at radius 1 is 0.273 bits per heavy atom. The van der Waals surface area contributed by atoms with Crippen LogP contribution in [-0.4, -0.2) is 0 Å². The van der Waals surface area contributed by atoms with Crippen molar-refractivity contribution in [1.82, 2.24) is 0 Å². The molecule has 2 rings (SSSR count). The predicted octanol–water partition coefficient (Wildman–Crippen LogP) is 1.50. The van der Waals surface area contributed by atoms with Crippen LogP contribution in [0.4, 0.5) is 0 Å². The second kappa shape index (κ2) is 8.78. The van der Waals surface area contributed by atoms with Crippen LogP contribution in [0, 0.1) is 64.2 Å². The van der Waals surface area contributed by atoms with Crippen LogP contribution in [-0.2, 0) is 21.1 Å². The molecule has 1 heteroatoms. The van der Waals surface area contributed by atoms with Gasteiger partial charge in [0.05, 0.1) is 0 Å². The second-order valence-corrected chi connectivity index (χ2v) is 1.92. The first-order valence-corrected chi connectivity index (χ1v) is 3.33. The first-order chi connectivity index (χ1) is 5.00. The standard InChI is InChI=1S/2C5H5.W.2H/c2*1-2-4-5-3-1;;;/h2*1-5H;;;. The molecule has 0 bridgehead atoms. The third-order valence-electron chi connectivity index (χ3n) is 1.11. The summed E-state index contributed by atoms with van der Waals surface area (Å²) in [6.45, 7) is 0. The van der Waals surface area contributed by atoms with E-state index in [1.807, 2.05) is 64.2 Å². The van der Waals surface area contributed by atoms with Crippen molar-refractivity contribution in [1.29, 1.82) is 0 Å². The van der Waals surface area contributed by atoms with Crippen LogP contribution in [0.2, 0.25) is 0 Å².